The number of hydrogen-bond donors (Lipinski definition) is 3. The molecule has 1 atom stereocenters. The van der Waals surface area contributed by atoms with Crippen LogP contribution in [0.25, 0.3) is 22.4 Å². The van der Waals surface area contributed by atoms with Crippen molar-refractivity contribution in [3.05, 3.63) is 36.4 Å². The first kappa shape index (κ1) is 19.0. The first-order valence-corrected chi connectivity index (χ1v) is 9.68. The van der Waals surface area contributed by atoms with E-state index in [0.717, 1.165) is 41.1 Å². The number of amides is 1. The normalized spacial score (nSPS) is 19.1. The summed E-state index contributed by atoms with van der Waals surface area (Å²) in [6.45, 7) is 9.86. The van der Waals surface area contributed by atoms with Gasteiger partial charge < -0.3 is 20.3 Å². The minimum atomic E-state index is -0.457. The van der Waals surface area contributed by atoms with Gasteiger partial charge >= 0.3 is 0 Å². The van der Waals surface area contributed by atoms with Gasteiger partial charge in [0.15, 0.2) is 5.82 Å². The highest BCUT2D eigenvalue weighted by Crippen LogP contribution is 2.35. The number of carbonyl (C=O) groups excluding carboxylic acids is 1. The second-order valence-electron chi connectivity index (χ2n) is 8.10. The van der Waals surface area contributed by atoms with Gasteiger partial charge in [0.25, 0.3) is 0 Å². The zero-order valence-corrected chi connectivity index (χ0v) is 17.0. The minimum Gasteiger partial charge on any atom is -0.507 e. The van der Waals surface area contributed by atoms with Gasteiger partial charge in [-0.1, -0.05) is 18.2 Å². The third-order valence-electron chi connectivity index (χ3n) is 5.57. The maximum absolute atomic E-state index is 12.3. The highest BCUT2D eigenvalue weighted by atomic mass is 16.3. The Balaban J connectivity index is 1.75. The number of aromatic nitrogens is 4. The summed E-state index contributed by atoms with van der Waals surface area (Å²) in [7, 11) is 1.67. The number of aromatic amines is 1. The van der Waals surface area contributed by atoms with E-state index in [1.54, 1.807) is 19.2 Å². The van der Waals surface area contributed by atoms with Gasteiger partial charge in [0.05, 0.1) is 11.1 Å². The highest BCUT2D eigenvalue weighted by molar-refractivity contribution is 5.90. The first-order valence-electron chi connectivity index (χ1n) is 9.68. The highest BCUT2D eigenvalue weighted by Gasteiger charge is 2.41. The molecule has 1 aliphatic rings. The van der Waals surface area contributed by atoms with Gasteiger partial charge in [0.2, 0.25) is 11.9 Å². The van der Waals surface area contributed by atoms with Crippen LogP contribution in [0.5, 0.6) is 5.75 Å². The molecule has 152 valence electrons. The van der Waals surface area contributed by atoms with E-state index in [1.807, 2.05) is 30.5 Å². The molecule has 29 heavy (non-hydrogen) atoms. The van der Waals surface area contributed by atoms with Crippen molar-refractivity contribution >= 4 is 22.8 Å². The summed E-state index contributed by atoms with van der Waals surface area (Å²) in [5, 5.41) is 22.5. The lowest BCUT2D eigenvalue weighted by Gasteiger charge is -2.23. The predicted molar refractivity (Wildman–Crippen MR) is 113 cm³/mol. The molecule has 8 nitrogen and oxygen atoms in total. The largest absolute Gasteiger partial charge is 0.507 e. The number of allylic oxidation sites excluding steroid dienone is 1. The first-order chi connectivity index (χ1) is 13.8. The summed E-state index contributed by atoms with van der Waals surface area (Å²) in [5.41, 5.74) is 2.12. The smallest absolute Gasteiger partial charge is 0.227 e. The van der Waals surface area contributed by atoms with Crippen LogP contribution in [0, 0.1) is 5.41 Å². The molecule has 2 aromatic heterocycles. The zero-order chi connectivity index (χ0) is 20.8. The van der Waals surface area contributed by atoms with Crippen molar-refractivity contribution < 1.29 is 9.90 Å². The molecule has 1 fully saturated rings. The van der Waals surface area contributed by atoms with E-state index in [9.17, 15) is 9.90 Å². The number of rotatable bonds is 5. The van der Waals surface area contributed by atoms with Crippen molar-refractivity contribution in [2.75, 3.05) is 25.0 Å². The molecule has 1 aliphatic heterocycles. The van der Waals surface area contributed by atoms with Gasteiger partial charge in [0, 0.05) is 37.6 Å². The van der Waals surface area contributed by atoms with Crippen molar-refractivity contribution in [2.24, 2.45) is 5.41 Å². The lowest BCUT2D eigenvalue weighted by atomic mass is 9.89. The van der Waals surface area contributed by atoms with Crippen LogP contribution in [0.2, 0.25) is 0 Å². The van der Waals surface area contributed by atoms with E-state index in [4.69, 9.17) is 0 Å². The molecule has 0 aliphatic carbocycles. The topological polar surface area (TPSA) is 99.1 Å². The summed E-state index contributed by atoms with van der Waals surface area (Å²) in [5.74, 6) is 1.65. The third kappa shape index (κ3) is 3.24. The Morgan fingerprint density at radius 1 is 1.41 bits per heavy atom. The summed E-state index contributed by atoms with van der Waals surface area (Å²) >= 11 is 0. The SMILES string of the molecule is C=C(C)Cn1c(-c2cc3c(O)cccc3[nH]2)nnc1N1CCC(C)(C(=O)NC)C1. The Hall–Kier alpha value is -3.29. The van der Waals surface area contributed by atoms with Crippen molar-refractivity contribution in [1.29, 1.82) is 0 Å². The van der Waals surface area contributed by atoms with Crippen LogP contribution in [0.15, 0.2) is 36.4 Å². The number of benzene rings is 1. The molecule has 0 spiro atoms. The van der Waals surface area contributed by atoms with E-state index in [2.05, 4.69) is 32.0 Å². The quantitative estimate of drug-likeness (QED) is 0.578. The van der Waals surface area contributed by atoms with Crippen LogP contribution in [0.1, 0.15) is 20.3 Å². The molecule has 1 unspecified atom stereocenters. The molecule has 8 heteroatoms. The zero-order valence-electron chi connectivity index (χ0n) is 17.0. The molecule has 0 bridgehead atoms. The Morgan fingerprint density at radius 2 is 2.21 bits per heavy atom. The fourth-order valence-electron chi connectivity index (χ4n) is 4.02. The lowest BCUT2D eigenvalue weighted by Crippen LogP contribution is -2.39. The Morgan fingerprint density at radius 3 is 2.90 bits per heavy atom. The molecule has 3 heterocycles. The van der Waals surface area contributed by atoms with Crippen LogP contribution < -0.4 is 10.2 Å². The molecule has 1 aromatic carbocycles. The van der Waals surface area contributed by atoms with Gasteiger partial charge in [-0.3, -0.25) is 9.36 Å². The number of phenolic OH excluding ortho intramolecular Hbond substituents is 1. The standard InChI is InChI=1S/C21H26N6O2/c1-13(2)11-27-18(16-10-14-15(23-16)6-5-7-17(14)28)24-25-20(27)26-9-8-21(3,12-26)19(29)22-4/h5-7,10,23,28H,1,8-9,11-12H2,2-4H3,(H,22,29). The second-order valence-corrected chi connectivity index (χ2v) is 8.10. The van der Waals surface area contributed by atoms with E-state index in [-0.39, 0.29) is 11.7 Å². The average molecular weight is 394 g/mol. The maximum Gasteiger partial charge on any atom is 0.227 e. The van der Waals surface area contributed by atoms with Gasteiger partial charge in [-0.05, 0) is 38.5 Å². The van der Waals surface area contributed by atoms with Crippen molar-refractivity contribution in [3.8, 4) is 17.3 Å². The second kappa shape index (κ2) is 6.95. The fraction of sp³-hybridized carbons (Fsp3) is 0.381. The van der Waals surface area contributed by atoms with Crippen LogP contribution in [-0.4, -0.2) is 50.9 Å². The van der Waals surface area contributed by atoms with Gasteiger partial charge in [-0.25, -0.2) is 0 Å². The van der Waals surface area contributed by atoms with Crippen LogP contribution in [0.4, 0.5) is 5.95 Å². The number of H-pyrrole nitrogens is 1. The number of phenols is 1. The maximum atomic E-state index is 12.3. The van der Waals surface area contributed by atoms with Crippen molar-refractivity contribution in [1.82, 2.24) is 25.1 Å². The summed E-state index contributed by atoms with van der Waals surface area (Å²) in [4.78, 5) is 17.7. The molecular formula is C21H26N6O2. The summed E-state index contributed by atoms with van der Waals surface area (Å²) in [6.07, 6.45) is 0.752. The van der Waals surface area contributed by atoms with Crippen molar-refractivity contribution in [2.45, 2.75) is 26.8 Å². The van der Waals surface area contributed by atoms with E-state index < -0.39 is 5.41 Å². The molecule has 0 radical (unpaired) electrons. The summed E-state index contributed by atoms with van der Waals surface area (Å²) in [6, 6.07) is 7.25. The van der Waals surface area contributed by atoms with Gasteiger partial charge in [-0.15, -0.1) is 10.2 Å². The Bertz CT molecular complexity index is 1100. The van der Waals surface area contributed by atoms with E-state index >= 15 is 0 Å². The monoisotopic (exact) mass is 394 g/mol. The molecule has 3 aromatic rings. The summed E-state index contributed by atoms with van der Waals surface area (Å²) < 4.78 is 2.01. The van der Waals surface area contributed by atoms with E-state index in [0.29, 0.717) is 18.9 Å². The number of hydrogen-bond acceptors (Lipinski definition) is 5. The average Bonchev–Trinajstić information content (AvgIpc) is 3.38. The molecular weight excluding hydrogens is 368 g/mol. The molecule has 3 N–H and O–H groups in total. The Kier molecular flexibility index (Phi) is 4.56. The number of nitrogens with zero attached hydrogens (tertiary/aromatic N) is 4. The third-order valence-corrected chi connectivity index (χ3v) is 5.57. The van der Waals surface area contributed by atoms with Crippen LogP contribution in [-0.2, 0) is 11.3 Å². The van der Waals surface area contributed by atoms with E-state index in [1.165, 1.54) is 0 Å². The van der Waals surface area contributed by atoms with Crippen LogP contribution >= 0.6 is 0 Å². The van der Waals surface area contributed by atoms with Crippen molar-refractivity contribution in [3.63, 3.8) is 0 Å². The number of anilines is 1. The molecule has 4 rings (SSSR count). The molecule has 0 saturated carbocycles. The van der Waals surface area contributed by atoms with Crippen LogP contribution in [0.3, 0.4) is 0 Å². The molecule has 1 amide bonds. The minimum absolute atomic E-state index is 0.0392. The number of fused-ring (bicyclic) bond motifs is 1. The number of aromatic hydroxyl groups is 1. The lowest BCUT2D eigenvalue weighted by molar-refractivity contribution is -0.128. The van der Waals surface area contributed by atoms with Gasteiger partial charge in [-0.2, -0.15) is 0 Å². The number of nitrogens with one attached hydrogen (secondary N) is 2. The van der Waals surface area contributed by atoms with Gasteiger partial charge in [0.1, 0.15) is 5.75 Å². The predicted octanol–water partition coefficient (Wildman–Crippen LogP) is 2.67. The fourth-order valence-corrected chi connectivity index (χ4v) is 4.02. The molecule has 1 saturated heterocycles. The Labute approximate surface area is 169 Å². The number of carbonyl (C=O) groups is 1.